The summed E-state index contributed by atoms with van der Waals surface area (Å²) >= 11 is 0. The van der Waals surface area contributed by atoms with E-state index in [0.717, 1.165) is 0 Å². The normalized spacial score (nSPS) is 9.64. The van der Waals surface area contributed by atoms with Crippen LogP contribution in [0.4, 0.5) is 0 Å². The monoisotopic (exact) mass is 152 g/mol. The van der Waals surface area contributed by atoms with Gasteiger partial charge in [-0.05, 0) is 17.7 Å². The van der Waals surface area contributed by atoms with Crippen molar-refractivity contribution in [3.63, 3.8) is 0 Å². The predicted octanol–water partition coefficient (Wildman–Crippen LogP) is -0.0311. The highest BCUT2D eigenvalue weighted by atomic mass is 16.1. The molecule has 5 nitrogen and oxygen atoms in total. The van der Waals surface area contributed by atoms with E-state index in [0.29, 0.717) is 5.57 Å². The first kappa shape index (κ1) is 7.59. The van der Waals surface area contributed by atoms with Gasteiger partial charge in [-0.15, -0.1) is 10.2 Å². The Balaban J connectivity index is 2.94. The highest BCUT2D eigenvalue weighted by Crippen LogP contribution is 1.97. The highest BCUT2D eigenvalue weighted by Gasteiger charge is 2.11. The Bertz CT molecular complexity index is 301. The van der Waals surface area contributed by atoms with Crippen LogP contribution in [0.5, 0.6) is 0 Å². The third-order valence-corrected chi connectivity index (χ3v) is 1.10. The molecule has 0 radical (unpaired) electrons. The van der Waals surface area contributed by atoms with Gasteiger partial charge in [-0.2, -0.15) is 4.80 Å². The maximum absolute atomic E-state index is 11.1. The van der Waals surface area contributed by atoms with Gasteiger partial charge < -0.3 is 0 Å². The Morgan fingerprint density at radius 2 is 2.27 bits per heavy atom. The van der Waals surface area contributed by atoms with Crippen LogP contribution in [0.25, 0.3) is 0 Å². The molecule has 0 saturated heterocycles. The SMILES string of the molecule is C=C(C)C(=O)c1nnn(C)n1. The van der Waals surface area contributed by atoms with Crippen molar-refractivity contribution in [2.75, 3.05) is 0 Å². The average molecular weight is 152 g/mol. The van der Waals surface area contributed by atoms with Crippen LogP contribution < -0.4 is 0 Å². The molecule has 0 atom stereocenters. The first-order valence-corrected chi connectivity index (χ1v) is 3.05. The summed E-state index contributed by atoms with van der Waals surface area (Å²) in [5.41, 5.74) is 0.415. The van der Waals surface area contributed by atoms with Crippen molar-refractivity contribution in [2.45, 2.75) is 6.92 Å². The van der Waals surface area contributed by atoms with E-state index in [1.807, 2.05) is 0 Å². The van der Waals surface area contributed by atoms with Gasteiger partial charge in [0.15, 0.2) is 0 Å². The lowest BCUT2D eigenvalue weighted by Crippen LogP contribution is -2.03. The van der Waals surface area contributed by atoms with E-state index in [9.17, 15) is 4.79 Å². The van der Waals surface area contributed by atoms with E-state index in [4.69, 9.17) is 0 Å². The van der Waals surface area contributed by atoms with E-state index in [-0.39, 0.29) is 11.6 Å². The zero-order chi connectivity index (χ0) is 8.43. The van der Waals surface area contributed by atoms with Crippen molar-refractivity contribution < 1.29 is 4.79 Å². The topological polar surface area (TPSA) is 60.7 Å². The molecule has 5 heteroatoms. The Labute approximate surface area is 63.7 Å². The second-order valence-corrected chi connectivity index (χ2v) is 2.21. The van der Waals surface area contributed by atoms with Crippen molar-refractivity contribution in [2.24, 2.45) is 7.05 Å². The number of rotatable bonds is 2. The molecule has 58 valence electrons. The number of ketones is 1. The van der Waals surface area contributed by atoms with Crippen molar-refractivity contribution in [3.8, 4) is 0 Å². The minimum Gasteiger partial charge on any atom is -0.285 e. The number of carbonyl (C=O) groups is 1. The summed E-state index contributed by atoms with van der Waals surface area (Å²) < 4.78 is 0. The zero-order valence-electron chi connectivity index (χ0n) is 6.40. The Hall–Kier alpha value is -1.52. The Morgan fingerprint density at radius 1 is 1.64 bits per heavy atom. The van der Waals surface area contributed by atoms with Gasteiger partial charge in [0.1, 0.15) is 0 Å². The lowest BCUT2D eigenvalue weighted by Gasteiger charge is -1.88. The predicted molar refractivity (Wildman–Crippen MR) is 37.9 cm³/mol. The molecule has 0 aromatic carbocycles. The number of tetrazole rings is 1. The molecule has 0 aliphatic rings. The molecule has 0 aliphatic carbocycles. The maximum Gasteiger partial charge on any atom is 0.244 e. The summed E-state index contributed by atoms with van der Waals surface area (Å²) in [5.74, 6) is -0.168. The second kappa shape index (κ2) is 2.61. The van der Waals surface area contributed by atoms with Crippen LogP contribution in [0.1, 0.15) is 17.5 Å². The minimum atomic E-state index is -0.266. The summed E-state index contributed by atoms with van der Waals surface area (Å²) in [7, 11) is 1.60. The number of aromatic nitrogens is 4. The van der Waals surface area contributed by atoms with Crippen LogP contribution in [-0.2, 0) is 7.05 Å². The van der Waals surface area contributed by atoms with Gasteiger partial charge in [-0.25, -0.2) is 0 Å². The van der Waals surface area contributed by atoms with Gasteiger partial charge in [-0.1, -0.05) is 6.58 Å². The molecule has 0 spiro atoms. The molecule has 0 aliphatic heterocycles. The molecule has 0 unspecified atom stereocenters. The van der Waals surface area contributed by atoms with Crippen LogP contribution in [0.3, 0.4) is 0 Å². The van der Waals surface area contributed by atoms with Crippen LogP contribution >= 0.6 is 0 Å². The van der Waals surface area contributed by atoms with E-state index in [2.05, 4.69) is 22.0 Å². The van der Waals surface area contributed by atoms with Gasteiger partial charge in [0.2, 0.25) is 11.6 Å². The fourth-order valence-corrected chi connectivity index (χ4v) is 0.566. The number of aryl methyl sites for hydroxylation is 1. The van der Waals surface area contributed by atoms with E-state index >= 15 is 0 Å². The molecule has 1 rings (SSSR count). The fraction of sp³-hybridized carbons (Fsp3) is 0.333. The quantitative estimate of drug-likeness (QED) is 0.441. The van der Waals surface area contributed by atoms with Crippen molar-refractivity contribution in [1.82, 2.24) is 20.2 Å². The molecule has 1 aromatic rings. The summed E-state index contributed by atoms with van der Waals surface area (Å²) in [6.45, 7) is 5.08. The van der Waals surface area contributed by atoms with Crippen LogP contribution in [-0.4, -0.2) is 26.0 Å². The van der Waals surface area contributed by atoms with E-state index in [1.54, 1.807) is 14.0 Å². The molecule has 11 heavy (non-hydrogen) atoms. The second-order valence-electron chi connectivity index (χ2n) is 2.21. The molecule has 1 heterocycles. The molecule has 0 amide bonds. The fourth-order valence-electron chi connectivity index (χ4n) is 0.566. The lowest BCUT2D eigenvalue weighted by atomic mass is 10.2. The zero-order valence-corrected chi connectivity index (χ0v) is 6.40. The number of carbonyl (C=O) groups excluding carboxylic acids is 1. The molecule has 0 N–H and O–H groups in total. The van der Waals surface area contributed by atoms with Gasteiger partial charge >= 0.3 is 0 Å². The molecule has 1 aromatic heterocycles. The lowest BCUT2D eigenvalue weighted by molar-refractivity contribution is 0.102. The van der Waals surface area contributed by atoms with Gasteiger partial charge in [0.05, 0.1) is 7.05 Å². The van der Waals surface area contributed by atoms with E-state index < -0.39 is 0 Å². The summed E-state index contributed by atoms with van der Waals surface area (Å²) in [4.78, 5) is 12.3. The van der Waals surface area contributed by atoms with Gasteiger partial charge in [-0.3, -0.25) is 4.79 Å². The third-order valence-electron chi connectivity index (χ3n) is 1.10. The largest absolute Gasteiger partial charge is 0.285 e. The van der Waals surface area contributed by atoms with Gasteiger partial charge in [0, 0.05) is 0 Å². The molecular weight excluding hydrogens is 144 g/mol. The minimum absolute atomic E-state index is 0.0972. The molecule has 0 bridgehead atoms. The van der Waals surface area contributed by atoms with Crippen molar-refractivity contribution in [3.05, 3.63) is 18.0 Å². The number of Topliss-reactive ketones (excluding diaryl/α,β-unsaturated/α-hetero) is 1. The summed E-state index contributed by atoms with van der Waals surface area (Å²) in [6.07, 6.45) is 0. The first-order valence-electron chi connectivity index (χ1n) is 3.05. The molecular formula is C6H8N4O. The number of nitrogens with zero attached hydrogens (tertiary/aromatic N) is 4. The van der Waals surface area contributed by atoms with Crippen molar-refractivity contribution in [1.29, 1.82) is 0 Å². The number of allylic oxidation sites excluding steroid dienone is 1. The highest BCUT2D eigenvalue weighted by molar-refractivity contribution is 6.04. The Morgan fingerprint density at radius 3 is 2.64 bits per heavy atom. The van der Waals surface area contributed by atoms with Crippen LogP contribution in [0.15, 0.2) is 12.2 Å². The average Bonchev–Trinajstić information content (AvgIpc) is 2.34. The molecule has 0 saturated carbocycles. The first-order chi connectivity index (χ1) is 5.11. The van der Waals surface area contributed by atoms with E-state index in [1.165, 1.54) is 4.80 Å². The standard InChI is InChI=1S/C6H8N4O/c1-4(2)5(11)6-7-9-10(3)8-6/h1H2,2-3H3. The number of hydrogen-bond acceptors (Lipinski definition) is 4. The molecule has 0 fully saturated rings. The maximum atomic E-state index is 11.1. The Kier molecular flexibility index (Phi) is 1.80. The van der Waals surface area contributed by atoms with Crippen LogP contribution in [0.2, 0.25) is 0 Å². The number of hydrogen-bond donors (Lipinski definition) is 0. The van der Waals surface area contributed by atoms with Crippen LogP contribution in [0, 0.1) is 0 Å². The smallest absolute Gasteiger partial charge is 0.244 e. The summed E-state index contributed by atoms with van der Waals surface area (Å²) in [5, 5.41) is 10.8. The van der Waals surface area contributed by atoms with Crippen molar-refractivity contribution >= 4 is 5.78 Å². The third kappa shape index (κ3) is 1.49. The summed E-state index contributed by atoms with van der Waals surface area (Å²) in [6, 6.07) is 0. The van der Waals surface area contributed by atoms with Gasteiger partial charge in [0.25, 0.3) is 0 Å².